The molecule has 0 heterocycles. The lowest BCUT2D eigenvalue weighted by molar-refractivity contribution is 0.788. The Hall–Kier alpha value is -3.52. The van der Waals surface area contributed by atoms with Crippen molar-refractivity contribution in [3.63, 3.8) is 0 Å². The van der Waals surface area contributed by atoms with E-state index in [9.17, 15) is 0 Å². The molecule has 0 saturated heterocycles. The van der Waals surface area contributed by atoms with Gasteiger partial charge in [-0.25, -0.2) is 0 Å². The molecule has 2 heteroatoms. The van der Waals surface area contributed by atoms with Crippen LogP contribution in [0.2, 0.25) is 0 Å². The van der Waals surface area contributed by atoms with Gasteiger partial charge >= 0.3 is 0 Å². The van der Waals surface area contributed by atoms with E-state index in [1.165, 1.54) is 70.2 Å². The summed E-state index contributed by atoms with van der Waals surface area (Å²) in [6, 6.07) is 31.3. The van der Waals surface area contributed by atoms with Gasteiger partial charge in [-0.2, -0.15) is 0 Å². The molecule has 204 valence electrons. The van der Waals surface area contributed by atoms with E-state index in [0.717, 1.165) is 56.3 Å². The Labute approximate surface area is 236 Å². The predicted molar refractivity (Wildman–Crippen MR) is 169 cm³/mol. The zero-order valence-corrected chi connectivity index (χ0v) is 24.0. The van der Waals surface area contributed by atoms with Crippen LogP contribution in [-0.4, -0.2) is 0 Å². The number of anilines is 2. The second-order valence-electron chi connectivity index (χ2n) is 11.1. The standard InChI is InChI=1S/C37H46N2/c1-3-5-10-32-26-36(38)22-20-34(32)24-30-16-12-28(13-17-30)8-7-9-29-14-18-31(19-15-29)25-35-21-23-37(39)27-33(35)11-6-4-2/h12-23,26-27H,3-11,24-25,38-39H2,1-2H3. The fourth-order valence-corrected chi connectivity index (χ4v) is 5.42. The van der Waals surface area contributed by atoms with Gasteiger partial charge in [0, 0.05) is 11.4 Å². The molecule has 4 aromatic rings. The third kappa shape index (κ3) is 8.75. The molecule has 0 aliphatic rings. The van der Waals surface area contributed by atoms with Crippen LogP contribution in [0.4, 0.5) is 11.4 Å². The lowest BCUT2D eigenvalue weighted by Crippen LogP contribution is -1.99. The van der Waals surface area contributed by atoms with Gasteiger partial charge in [0.05, 0.1) is 0 Å². The third-order valence-electron chi connectivity index (χ3n) is 7.83. The molecule has 0 fully saturated rings. The van der Waals surface area contributed by atoms with Crippen LogP contribution in [0.25, 0.3) is 0 Å². The minimum Gasteiger partial charge on any atom is -0.399 e. The maximum atomic E-state index is 6.06. The summed E-state index contributed by atoms with van der Waals surface area (Å²) >= 11 is 0. The average molecular weight is 519 g/mol. The maximum Gasteiger partial charge on any atom is 0.0316 e. The Morgan fingerprint density at radius 1 is 0.410 bits per heavy atom. The van der Waals surface area contributed by atoms with Gasteiger partial charge in [-0.1, -0.05) is 87.4 Å². The zero-order chi connectivity index (χ0) is 27.5. The van der Waals surface area contributed by atoms with Crippen LogP contribution in [-0.2, 0) is 38.5 Å². The molecular weight excluding hydrogens is 472 g/mol. The van der Waals surface area contributed by atoms with E-state index in [2.05, 4.69) is 86.6 Å². The molecule has 39 heavy (non-hydrogen) atoms. The molecule has 0 aromatic heterocycles. The molecule has 0 atom stereocenters. The Morgan fingerprint density at radius 3 is 1.18 bits per heavy atom. The number of nitrogens with two attached hydrogens (primary N) is 2. The molecule has 0 bridgehead atoms. The van der Waals surface area contributed by atoms with Crippen molar-refractivity contribution in [1.82, 2.24) is 0 Å². The van der Waals surface area contributed by atoms with Gasteiger partial charge in [-0.15, -0.1) is 0 Å². The molecule has 0 unspecified atom stereocenters. The molecule has 0 saturated carbocycles. The van der Waals surface area contributed by atoms with Crippen molar-refractivity contribution >= 4 is 11.4 Å². The fourth-order valence-electron chi connectivity index (χ4n) is 5.42. The summed E-state index contributed by atoms with van der Waals surface area (Å²) < 4.78 is 0. The lowest BCUT2D eigenvalue weighted by atomic mass is 9.94. The van der Waals surface area contributed by atoms with Crippen molar-refractivity contribution in [2.24, 2.45) is 0 Å². The fraction of sp³-hybridized carbons (Fsp3) is 0.351. The number of hydrogen-bond acceptors (Lipinski definition) is 2. The Balaban J connectivity index is 1.27. The Bertz CT molecular complexity index is 1200. The summed E-state index contributed by atoms with van der Waals surface area (Å²) in [5.41, 5.74) is 25.0. The monoisotopic (exact) mass is 518 g/mol. The topological polar surface area (TPSA) is 52.0 Å². The molecule has 2 nitrogen and oxygen atoms in total. The summed E-state index contributed by atoms with van der Waals surface area (Å²) in [6.45, 7) is 4.49. The lowest BCUT2D eigenvalue weighted by Gasteiger charge is -2.12. The van der Waals surface area contributed by atoms with E-state index in [1.807, 2.05) is 12.1 Å². The van der Waals surface area contributed by atoms with E-state index < -0.39 is 0 Å². The van der Waals surface area contributed by atoms with Gasteiger partial charge in [0.1, 0.15) is 0 Å². The molecular formula is C37H46N2. The number of hydrogen-bond donors (Lipinski definition) is 2. The largest absolute Gasteiger partial charge is 0.399 e. The maximum absolute atomic E-state index is 6.06. The molecule has 4 N–H and O–H groups in total. The van der Waals surface area contributed by atoms with Crippen molar-refractivity contribution in [2.45, 2.75) is 84.5 Å². The average Bonchev–Trinajstić information content (AvgIpc) is 2.95. The van der Waals surface area contributed by atoms with Crippen molar-refractivity contribution in [3.8, 4) is 0 Å². The Morgan fingerprint density at radius 2 is 0.795 bits per heavy atom. The SMILES string of the molecule is CCCCc1cc(N)ccc1Cc1ccc(CCCc2ccc(Cc3ccc(N)cc3CCCC)cc2)cc1. The highest BCUT2D eigenvalue weighted by atomic mass is 14.5. The van der Waals surface area contributed by atoms with E-state index >= 15 is 0 Å². The molecule has 4 rings (SSSR count). The first-order valence-electron chi connectivity index (χ1n) is 14.9. The van der Waals surface area contributed by atoms with E-state index in [4.69, 9.17) is 11.5 Å². The van der Waals surface area contributed by atoms with Gasteiger partial charge < -0.3 is 11.5 Å². The van der Waals surface area contributed by atoms with Crippen LogP contribution in [0, 0.1) is 0 Å². The first kappa shape index (κ1) is 28.5. The highest BCUT2D eigenvalue weighted by molar-refractivity contribution is 5.47. The minimum atomic E-state index is 0.869. The molecule has 0 aliphatic carbocycles. The predicted octanol–water partition coefficient (Wildman–Crippen LogP) is 8.89. The molecule has 4 aromatic carbocycles. The quantitative estimate of drug-likeness (QED) is 0.164. The zero-order valence-electron chi connectivity index (χ0n) is 24.0. The van der Waals surface area contributed by atoms with Gasteiger partial charge in [0.25, 0.3) is 0 Å². The first-order valence-corrected chi connectivity index (χ1v) is 14.9. The van der Waals surface area contributed by atoms with Crippen LogP contribution in [0.15, 0.2) is 84.9 Å². The van der Waals surface area contributed by atoms with E-state index in [0.29, 0.717) is 0 Å². The summed E-state index contributed by atoms with van der Waals surface area (Å²) in [4.78, 5) is 0. The highest BCUT2D eigenvalue weighted by Gasteiger charge is 2.07. The number of unbranched alkanes of at least 4 members (excludes halogenated alkanes) is 2. The summed E-state index contributed by atoms with van der Waals surface area (Å²) in [5.74, 6) is 0. The van der Waals surface area contributed by atoms with Crippen LogP contribution in [0.1, 0.15) is 90.5 Å². The minimum absolute atomic E-state index is 0.869. The first-order chi connectivity index (χ1) is 19.0. The normalized spacial score (nSPS) is 11.1. The van der Waals surface area contributed by atoms with E-state index in [-0.39, 0.29) is 0 Å². The molecule has 0 amide bonds. The van der Waals surface area contributed by atoms with Gasteiger partial charge in [-0.3, -0.25) is 0 Å². The smallest absolute Gasteiger partial charge is 0.0316 e. The van der Waals surface area contributed by atoms with Crippen molar-refractivity contribution < 1.29 is 0 Å². The number of aryl methyl sites for hydroxylation is 4. The molecule has 0 radical (unpaired) electrons. The summed E-state index contributed by atoms with van der Waals surface area (Å²) in [5, 5.41) is 0. The van der Waals surface area contributed by atoms with Crippen LogP contribution in [0.5, 0.6) is 0 Å². The number of benzene rings is 4. The summed E-state index contributed by atoms with van der Waals surface area (Å²) in [7, 11) is 0. The third-order valence-corrected chi connectivity index (χ3v) is 7.83. The van der Waals surface area contributed by atoms with Gasteiger partial charge in [0.2, 0.25) is 0 Å². The number of rotatable bonds is 14. The van der Waals surface area contributed by atoms with Crippen LogP contribution < -0.4 is 11.5 Å². The van der Waals surface area contributed by atoms with Crippen molar-refractivity contribution in [3.05, 3.63) is 129 Å². The highest BCUT2D eigenvalue weighted by Crippen LogP contribution is 2.22. The number of nitrogen functional groups attached to an aromatic ring is 2. The van der Waals surface area contributed by atoms with Crippen LogP contribution in [0.3, 0.4) is 0 Å². The van der Waals surface area contributed by atoms with E-state index in [1.54, 1.807) is 0 Å². The Kier molecular flexibility index (Phi) is 10.7. The van der Waals surface area contributed by atoms with Gasteiger partial charge in [0.15, 0.2) is 0 Å². The second-order valence-corrected chi connectivity index (χ2v) is 11.1. The second kappa shape index (κ2) is 14.6. The summed E-state index contributed by atoms with van der Waals surface area (Å²) in [6.07, 6.45) is 12.4. The van der Waals surface area contributed by atoms with Crippen molar-refractivity contribution in [1.29, 1.82) is 0 Å². The van der Waals surface area contributed by atoms with Crippen LogP contribution >= 0.6 is 0 Å². The van der Waals surface area contributed by atoms with Gasteiger partial charge in [-0.05, 0) is 127 Å². The van der Waals surface area contributed by atoms with Crippen molar-refractivity contribution in [2.75, 3.05) is 11.5 Å². The molecule has 0 spiro atoms. The molecule has 0 aliphatic heterocycles.